The minimum absolute atomic E-state index is 0.215. The lowest BCUT2D eigenvalue weighted by atomic mass is 9.83. The number of nitrogens with zero attached hydrogens (tertiary/aromatic N) is 3. The number of hydrogen-bond donors (Lipinski definition) is 1. The zero-order chi connectivity index (χ0) is 24.2. The van der Waals surface area contributed by atoms with Gasteiger partial charge in [-0.05, 0) is 79.4 Å². The molecule has 0 saturated heterocycles. The normalized spacial score (nSPS) is 18.3. The summed E-state index contributed by atoms with van der Waals surface area (Å²) in [6, 6.07) is 6.40. The first-order chi connectivity index (χ1) is 15.3. The highest BCUT2D eigenvalue weighted by Crippen LogP contribution is 2.48. The van der Waals surface area contributed by atoms with Gasteiger partial charge in [-0.2, -0.15) is 4.98 Å². The number of aryl methyl sites for hydroxylation is 4. The van der Waals surface area contributed by atoms with Gasteiger partial charge in [-0.1, -0.05) is 23.8 Å². The van der Waals surface area contributed by atoms with Crippen LogP contribution in [0.15, 0.2) is 24.4 Å². The molecule has 0 bridgehead atoms. The van der Waals surface area contributed by atoms with Crippen molar-refractivity contribution in [1.82, 2.24) is 15.0 Å². The van der Waals surface area contributed by atoms with Gasteiger partial charge in [0, 0.05) is 6.20 Å². The summed E-state index contributed by atoms with van der Waals surface area (Å²) in [6.45, 7) is 15.7. The van der Waals surface area contributed by atoms with Crippen LogP contribution in [0.4, 0.5) is 0 Å². The largest absolute Gasteiger partial charge is 0.471 e. The van der Waals surface area contributed by atoms with E-state index in [1.807, 2.05) is 60.6 Å². The molecule has 7 heteroatoms. The molecule has 0 spiro atoms. The van der Waals surface area contributed by atoms with E-state index < -0.39 is 16.8 Å². The van der Waals surface area contributed by atoms with Gasteiger partial charge >= 0.3 is 6.01 Å². The molecule has 1 aliphatic carbocycles. The molecular weight excluding hydrogens is 434 g/mol. The van der Waals surface area contributed by atoms with Gasteiger partial charge in [-0.15, -0.1) is 11.3 Å². The summed E-state index contributed by atoms with van der Waals surface area (Å²) in [7, 11) is 0. The Kier molecular flexibility index (Phi) is 5.78. The molecule has 1 atom stereocenters. The van der Waals surface area contributed by atoms with Crippen molar-refractivity contribution in [2.45, 2.75) is 85.0 Å². The fourth-order valence-corrected chi connectivity index (χ4v) is 5.22. The molecule has 6 nitrogen and oxygen atoms in total. The van der Waals surface area contributed by atoms with Crippen LogP contribution in [0.3, 0.4) is 0 Å². The predicted octanol–water partition coefficient (Wildman–Crippen LogP) is 5.29. The maximum Gasteiger partial charge on any atom is 0.320 e. The van der Waals surface area contributed by atoms with Crippen LogP contribution in [0, 0.1) is 13.8 Å². The van der Waals surface area contributed by atoms with Crippen LogP contribution in [-0.4, -0.2) is 31.3 Å². The van der Waals surface area contributed by atoms with Gasteiger partial charge in [-0.3, -0.25) is 0 Å². The van der Waals surface area contributed by atoms with E-state index >= 15 is 0 Å². The molecule has 0 radical (unpaired) electrons. The number of rotatable bonds is 3. The lowest BCUT2D eigenvalue weighted by Crippen LogP contribution is -2.33. The summed E-state index contributed by atoms with van der Waals surface area (Å²) in [6.07, 6.45) is 3.21. The third-order valence-electron chi connectivity index (χ3n) is 5.34. The van der Waals surface area contributed by atoms with E-state index in [9.17, 15) is 5.11 Å². The molecule has 0 amide bonds. The molecule has 1 aliphatic rings. The SMILES string of the molecule is Cc1ccc2c(c1)CCc1nc(C)sc1C2(O)c1cnc(OC(C)(C)C)nc1OC(C)(C)C. The van der Waals surface area contributed by atoms with Crippen molar-refractivity contribution in [3.05, 3.63) is 62.2 Å². The molecule has 1 N–H and O–H groups in total. The van der Waals surface area contributed by atoms with Crippen molar-refractivity contribution >= 4 is 11.3 Å². The van der Waals surface area contributed by atoms with Gasteiger partial charge in [0.05, 0.1) is 21.1 Å². The van der Waals surface area contributed by atoms with Gasteiger partial charge in [0.15, 0.2) is 5.60 Å². The molecule has 4 rings (SSSR count). The first kappa shape index (κ1) is 23.6. The summed E-state index contributed by atoms with van der Waals surface area (Å²) >= 11 is 1.51. The van der Waals surface area contributed by atoms with Gasteiger partial charge in [-0.25, -0.2) is 9.97 Å². The van der Waals surface area contributed by atoms with Crippen molar-refractivity contribution in [3.8, 4) is 11.9 Å². The molecule has 0 aliphatic heterocycles. The zero-order valence-electron chi connectivity index (χ0n) is 20.7. The van der Waals surface area contributed by atoms with Crippen molar-refractivity contribution in [3.63, 3.8) is 0 Å². The first-order valence-corrected chi connectivity index (χ1v) is 12.1. The fraction of sp³-hybridized carbons (Fsp3) is 0.500. The third kappa shape index (κ3) is 4.75. The van der Waals surface area contributed by atoms with E-state index in [2.05, 4.69) is 23.0 Å². The number of aromatic nitrogens is 3. The Hall–Kier alpha value is -2.51. The Morgan fingerprint density at radius 1 is 0.939 bits per heavy atom. The molecule has 2 aromatic heterocycles. The topological polar surface area (TPSA) is 77.4 Å². The van der Waals surface area contributed by atoms with Crippen LogP contribution < -0.4 is 9.47 Å². The van der Waals surface area contributed by atoms with Crippen molar-refractivity contribution in [2.75, 3.05) is 0 Å². The zero-order valence-corrected chi connectivity index (χ0v) is 21.6. The fourth-order valence-electron chi connectivity index (χ4n) is 4.14. The van der Waals surface area contributed by atoms with Gasteiger partial charge in [0.25, 0.3) is 0 Å². The number of fused-ring (bicyclic) bond motifs is 2. The van der Waals surface area contributed by atoms with E-state index in [-0.39, 0.29) is 6.01 Å². The number of benzene rings is 1. The molecule has 0 saturated carbocycles. The lowest BCUT2D eigenvalue weighted by Gasteiger charge is -2.32. The van der Waals surface area contributed by atoms with Crippen molar-refractivity contribution in [2.24, 2.45) is 0 Å². The number of ether oxygens (including phenoxy) is 2. The van der Waals surface area contributed by atoms with Crippen molar-refractivity contribution in [1.29, 1.82) is 0 Å². The highest BCUT2D eigenvalue weighted by molar-refractivity contribution is 7.11. The van der Waals surface area contributed by atoms with Crippen LogP contribution in [0.2, 0.25) is 0 Å². The third-order valence-corrected chi connectivity index (χ3v) is 6.46. The molecule has 176 valence electrons. The maximum absolute atomic E-state index is 12.6. The molecular formula is C26H33N3O3S. The number of aliphatic hydroxyl groups is 1. The molecule has 1 unspecified atom stereocenters. The smallest absolute Gasteiger partial charge is 0.320 e. The van der Waals surface area contributed by atoms with Crippen LogP contribution >= 0.6 is 11.3 Å². The minimum atomic E-state index is -1.48. The Morgan fingerprint density at radius 2 is 1.64 bits per heavy atom. The Bertz CT molecular complexity index is 1190. The standard InChI is InChI=1S/C26H33N3O3S/c1-15-9-11-18-17(13-15)10-12-20-21(33-16(2)28-20)26(18,30)19-14-27-23(32-25(6,7)8)29-22(19)31-24(3,4)5/h9,11,13-14,30H,10,12H2,1-8H3. The van der Waals surface area contributed by atoms with Crippen LogP contribution in [0.1, 0.15) is 79.4 Å². The summed E-state index contributed by atoms with van der Waals surface area (Å²) < 4.78 is 12.2. The predicted molar refractivity (Wildman–Crippen MR) is 130 cm³/mol. The van der Waals surface area contributed by atoms with Gasteiger partial charge in [0.1, 0.15) is 11.2 Å². The van der Waals surface area contributed by atoms with Crippen LogP contribution in [-0.2, 0) is 18.4 Å². The summed E-state index contributed by atoms with van der Waals surface area (Å²) in [5.41, 5.74) is 1.99. The highest BCUT2D eigenvalue weighted by atomic mass is 32.1. The van der Waals surface area contributed by atoms with Gasteiger partial charge < -0.3 is 14.6 Å². The first-order valence-electron chi connectivity index (χ1n) is 11.3. The minimum Gasteiger partial charge on any atom is -0.471 e. The second kappa shape index (κ2) is 8.06. The van der Waals surface area contributed by atoms with E-state index in [0.717, 1.165) is 45.1 Å². The number of hydrogen-bond acceptors (Lipinski definition) is 7. The van der Waals surface area contributed by atoms with E-state index in [0.29, 0.717) is 11.4 Å². The molecule has 0 fully saturated rings. The molecule has 33 heavy (non-hydrogen) atoms. The Balaban J connectivity index is 2.00. The lowest BCUT2D eigenvalue weighted by molar-refractivity contribution is 0.0862. The highest BCUT2D eigenvalue weighted by Gasteiger charge is 2.45. The Morgan fingerprint density at radius 3 is 2.30 bits per heavy atom. The van der Waals surface area contributed by atoms with E-state index in [1.54, 1.807) is 6.20 Å². The van der Waals surface area contributed by atoms with Crippen LogP contribution in [0.5, 0.6) is 11.9 Å². The van der Waals surface area contributed by atoms with Crippen LogP contribution in [0.25, 0.3) is 0 Å². The number of thiazole rings is 1. The summed E-state index contributed by atoms with van der Waals surface area (Å²) in [5.74, 6) is 0.310. The van der Waals surface area contributed by atoms with E-state index in [1.165, 1.54) is 11.3 Å². The van der Waals surface area contributed by atoms with Crippen molar-refractivity contribution < 1.29 is 14.6 Å². The quantitative estimate of drug-likeness (QED) is 0.564. The van der Waals surface area contributed by atoms with Gasteiger partial charge in [0.2, 0.25) is 5.88 Å². The second-order valence-electron chi connectivity index (χ2n) is 10.7. The average Bonchev–Trinajstić information content (AvgIpc) is 3.00. The summed E-state index contributed by atoms with van der Waals surface area (Å²) in [5, 5.41) is 13.5. The van der Waals surface area contributed by atoms with E-state index in [4.69, 9.17) is 14.5 Å². The Labute approximate surface area is 200 Å². The molecule has 1 aromatic carbocycles. The molecule has 3 aromatic rings. The summed E-state index contributed by atoms with van der Waals surface area (Å²) in [4.78, 5) is 14.7. The average molecular weight is 468 g/mol. The monoisotopic (exact) mass is 467 g/mol. The second-order valence-corrected chi connectivity index (χ2v) is 11.9. The molecule has 2 heterocycles. The maximum atomic E-state index is 12.6.